The van der Waals surface area contributed by atoms with E-state index in [4.69, 9.17) is 4.74 Å². The summed E-state index contributed by atoms with van der Waals surface area (Å²) < 4.78 is 5.72. The van der Waals surface area contributed by atoms with Gasteiger partial charge in [0.25, 0.3) is 0 Å². The van der Waals surface area contributed by atoms with Gasteiger partial charge >= 0.3 is 6.09 Å². The number of aliphatic hydroxyl groups is 1. The van der Waals surface area contributed by atoms with Gasteiger partial charge in [0.1, 0.15) is 0 Å². The number of carboxylic acid groups (broad SMARTS) is 1. The highest BCUT2D eigenvalue weighted by molar-refractivity contribution is 5.66. The minimum Gasteiger partial charge on any atom is -0.465 e. The number of rotatable bonds is 8. The zero-order chi connectivity index (χ0) is 18.3. The lowest BCUT2D eigenvalue weighted by atomic mass is 9.93. The maximum absolute atomic E-state index is 11.8. The Morgan fingerprint density at radius 2 is 1.92 bits per heavy atom. The molecule has 0 aliphatic heterocycles. The molecule has 0 radical (unpaired) electrons. The molecule has 0 spiro atoms. The Bertz CT molecular complexity index is 524. The normalized spacial score (nSPS) is 15.4. The molecule has 2 unspecified atom stereocenters. The molecule has 1 rings (SSSR count). The van der Waals surface area contributed by atoms with Crippen molar-refractivity contribution in [2.45, 2.75) is 52.0 Å². The molecule has 5 heteroatoms. The first-order valence-corrected chi connectivity index (χ1v) is 8.13. The van der Waals surface area contributed by atoms with Crippen LogP contribution < -0.4 is 0 Å². The van der Waals surface area contributed by atoms with E-state index < -0.39 is 23.8 Å². The van der Waals surface area contributed by atoms with E-state index in [9.17, 15) is 15.0 Å². The number of ether oxygens (including phenoxy) is 1. The van der Waals surface area contributed by atoms with Gasteiger partial charge in [-0.15, -0.1) is 6.58 Å². The predicted molar refractivity (Wildman–Crippen MR) is 94.9 cm³/mol. The molecule has 134 valence electrons. The molecule has 0 aliphatic carbocycles. The standard InChI is InChI=1S/C19H29NO4/c1-6-14(2)17(21)16(20(18(22)23)19(3,4)5)13-24-12-15-10-8-7-9-11-15/h6-11,14,16-17,21H,1,12-13H2,2-5H3,(H,22,23)/t14?,16-,17?/m1/s1. The van der Waals surface area contributed by atoms with Crippen molar-refractivity contribution < 1.29 is 19.7 Å². The Labute approximate surface area is 144 Å². The first-order chi connectivity index (χ1) is 11.2. The first kappa shape index (κ1) is 20.2. The van der Waals surface area contributed by atoms with Gasteiger partial charge in [0, 0.05) is 11.5 Å². The largest absolute Gasteiger partial charge is 0.465 e. The van der Waals surface area contributed by atoms with Crippen molar-refractivity contribution in [1.29, 1.82) is 0 Å². The van der Waals surface area contributed by atoms with Crippen molar-refractivity contribution in [3.05, 3.63) is 48.6 Å². The molecular formula is C19H29NO4. The lowest BCUT2D eigenvalue weighted by Gasteiger charge is -2.42. The topological polar surface area (TPSA) is 70.0 Å². The maximum Gasteiger partial charge on any atom is 0.408 e. The highest BCUT2D eigenvalue weighted by Gasteiger charge is 2.38. The Morgan fingerprint density at radius 3 is 2.38 bits per heavy atom. The van der Waals surface area contributed by atoms with Gasteiger partial charge in [-0.2, -0.15) is 0 Å². The number of nitrogens with zero attached hydrogens (tertiary/aromatic N) is 1. The van der Waals surface area contributed by atoms with E-state index in [1.807, 2.05) is 37.3 Å². The molecule has 0 saturated heterocycles. The van der Waals surface area contributed by atoms with E-state index in [0.29, 0.717) is 6.61 Å². The fraction of sp³-hybridized carbons (Fsp3) is 0.526. The third kappa shape index (κ3) is 5.65. The molecule has 1 aromatic carbocycles. The molecule has 24 heavy (non-hydrogen) atoms. The van der Waals surface area contributed by atoms with Crippen LogP contribution in [0, 0.1) is 5.92 Å². The molecule has 5 nitrogen and oxygen atoms in total. The minimum atomic E-state index is -1.08. The number of hydrogen-bond acceptors (Lipinski definition) is 3. The SMILES string of the molecule is C=CC(C)C(O)[C@@H](COCc1ccccc1)N(C(=O)O)C(C)(C)C. The molecule has 0 aromatic heterocycles. The van der Waals surface area contributed by atoms with Crippen molar-refractivity contribution >= 4 is 6.09 Å². The van der Waals surface area contributed by atoms with Crippen molar-refractivity contribution in [2.24, 2.45) is 5.92 Å². The predicted octanol–water partition coefficient (Wildman–Crippen LogP) is 3.53. The fourth-order valence-corrected chi connectivity index (χ4v) is 2.61. The average molecular weight is 335 g/mol. The summed E-state index contributed by atoms with van der Waals surface area (Å²) in [5, 5.41) is 20.2. The number of aliphatic hydroxyl groups excluding tert-OH is 1. The number of amides is 1. The van der Waals surface area contributed by atoms with Crippen molar-refractivity contribution in [3.63, 3.8) is 0 Å². The summed E-state index contributed by atoms with van der Waals surface area (Å²) in [5.74, 6) is -0.250. The van der Waals surface area contributed by atoms with Gasteiger partial charge in [0.05, 0.1) is 25.4 Å². The van der Waals surface area contributed by atoms with E-state index in [2.05, 4.69) is 6.58 Å². The Morgan fingerprint density at radius 1 is 1.33 bits per heavy atom. The van der Waals surface area contributed by atoms with Crippen LogP contribution >= 0.6 is 0 Å². The van der Waals surface area contributed by atoms with Gasteiger partial charge in [-0.3, -0.25) is 4.90 Å². The van der Waals surface area contributed by atoms with Gasteiger partial charge in [-0.25, -0.2) is 4.79 Å². The second kappa shape index (κ2) is 8.85. The molecule has 2 N–H and O–H groups in total. The molecule has 0 heterocycles. The summed E-state index contributed by atoms with van der Waals surface area (Å²) in [5.41, 5.74) is 0.342. The second-order valence-electron chi connectivity index (χ2n) is 6.98. The van der Waals surface area contributed by atoms with Crippen LogP contribution in [0.2, 0.25) is 0 Å². The quantitative estimate of drug-likeness (QED) is 0.713. The van der Waals surface area contributed by atoms with Crippen molar-refractivity contribution in [1.82, 2.24) is 4.90 Å². The van der Waals surface area contributed by atoms with Crippen LogP contribution in [0.5, 0.6) is 0 Å². The van der Waals surface area contributed by atoms with Gasteiger partial charge in [-0.1, -0.05) is 43.3 Å². The van der Waals surface area contributed by atoms with Gasteiger partial charge in [-0.05, 0) is 26.3 Å². The highest BCUT2D eigenvalue weighted by atomic mass is 16.5. The molecule has 3 atom stereocenters. The van der Waals surface area contributed by atoms with Crippen LogP contribution in [0.1, 0.15) is 33.3 Å². The summed E-state index contributed by atoms with van der Waals surface area (Å²) in [7, 11) is 0. The zero-order valence-corrected chi connectivity index (χ0v) is 15.0. The zero-order valence-electron chi connectivity index (χ0n) is 15.0. The minimum absolute atomic E-state index is 0.109. The lowest BCUT2D eigenvalue weighted by Crippen LogP contribution is -2.58. The third-order valence-electron chi connectivity index (χ3n) is 3.97. The monoisotopic (exact) mass is 335 g/mol. The Balaban J connectivity index is 2.91. The van der Waals surface area contributed by atoms with E-state index in [-0.39, 0.29) is 12.5 Å². The molecule has 0 aliphatic rings. The van der Waals surface area contributed by atoms with Crippen LogP contribution in [0.25, 0.3) is 0 Å². The van der Waals surface area contributed by atoms with Crippen molar-refractivity contribution in [2.75, 3.05) is 6.61 Å². The Hall–Kier alpha value is -1.85. The van der Waals surface area contributed by atoms with Crippen LogP contribution in [-0.2, 0) is 11.3 Å². The molecule has 0 bridgehead atoms. The van der Waals surface area contributed by atoms with E-state index in [1.165, 1.54) is 4.90 Å². The van der Waals surface area contributed by atoms with Crippen LogP contribution in [0.3, 0.4) is 0 Å². The highest BCUT2D eigenvalue weighted by Crippen LogP contribution is 2.23. The second-order valence-corrected chi connectivity index (χ2v) is 6.98. The van der Waals surface area contributed by atoms with Crippen molar-refractivity contribution in [3.8, 4) is 0 Å². The van der Waals surface area contributed by atoms with E-state index in [0.717, 1.165) is 5.56 Å². The molecule has 0 fully saturated rings. The Kier molecular flexibility index (Phi) is 7.45. The smallest absolute Gasteiger partial charge is 0.408 e. The van der Waals surface area contributed by atoms with Gasteiger partial charge in [0.15, 0.2) is 0 Å². The summed E-state index contributed by atoms with van der Waals surface area (Å²) in [6.07, 6.45) is -0.350. The number of benzene rings is 1. The third-order valence-corrected chi connectivity index (χ3v) is 3.97. The number of carbonyl (C=O) groups is 1. The molecular weight excluding hydrogens is 306 g/mol. The average Bonchev–Trinajstić information content (AvgIpc) is 2.51. The first-order valence-electron chi connectivity index (χ1n) is 8.13. The summed E-state index contributed by atoms with van der Waals surface area (Å²) >= 11 is 0. The maximum atomic E-state index is 11.8. The fourth-order valence-electron chi connectivity index (χ4n) is 2.61. The van der Waals surface area contributed by atoms with Gasteiger partial charge in [0.2, 0.25) is 0 Å². The molecule has 1 aromatic rings. The summed E-state index contributed by atoms with van der Waals surface area (Å²) in [4.78, 5) is 13.0. The lowest BCUT2D eigenvalue weighted by molar-refractivity contribution is -0.0481. The van der Waals surface area contributed by atoms with Gasteiger partial charge < -0.3 is 14.9 Å². The van der Waals surface area contributed by atoms with E-state index in [1.54, 1.807) is 26.8 Å². The molecule has 0 saturated carbocycles. The summed E-state index contributed by atoms with van der Waals surface area (Å²) in [6.45, 7) is 11.4. The van der Waals surface area contributed by atoms with E-state index >= 15 is 0 Å². The summed E-state index contributed by atoms with van der Waals surface area (Å²) in [6, 6.07) is 8.97. The van der Waals surface area contributed by atoms with Crippen LogP contribution in [0.15, 0.2) is 43.0 Å². The molecule has 1 amide bonds. The van der Waals surface area contributed by atoms with Crippen LogP contribution in [-0.4, -0.2) is 45.5 Å². The number of hydrogen-bond donors (Lipinski definition) is 2. The van der Waals surface area contributed by atoms with Crippen LogP contribution in [0.4, 0.5) is 4.79 Å².